The number of hydrogen-bond donors (Lipinski definition) is 5. The summed E-state index contributed by atoms with van der Waals surface area (Å²) in [5.74, 6) is 1.82. The molecule has 0 spiro atoms. The summed E-state index contributed by atoms with van der Waals surface area (Å²) >= 11 is 0. The molecule has 0 saturated carbocycles. The van der Waals surface area contributed by atoms with E-state index in [9.17, 15) is 43.2 Å². The number of urea groups is 1. The van der Waals surface area contributed by atoms with Crippen molar-refractivity contribution in [3.8, 4) is 0 Å². The van der Waals surface area contributed by atoms with Gasteiger partial charge in [0.15, 0.2) is 28.9 Å². The Balaban J connectivity index is -0.000000241. The number of carbonyl (C=O) groups is 9. The van der Waals surface area contributed by atoms with E-state index in [1.165, 1.54) is 0 Å². The van der Waals surface area contributed by atoms with E-state index in [-0.39, 0.29) is 59.1 Å². The van der Waals surface area contributed by atoms with Gasteiger partial charge in [-0.25, -0.2) is 9.59 Å². The normalized spacial score (nSPS) is 9.91. The van der Waals surface area contributed by atoms with Crippen LogP contribution in [0.4, 0.5) is 9.59 Å². The Morgan fingerprint density at radius 3 is 1.10 bits per heavy atom. The number of ketones is 5. The first-order valence-corrected chi connectivity index (χ1v) is 23.2. The average Bonchev–Trinajstić information content (AvgIpc) is 3.21. The Hall–Kier alpha value is -5.47. The van der Waals surface area contributed by atoms with Gasteiger partial charge in [-0.3, -0.25) is 33.6 Å². The molecule has 0 aromatic carbocycles. The molecule has 15 nitrogen and oxygen atoms in total. The number of amides is 5. The molecular weight excluding hydrogens is 855 g/mol. The fourth-order valence-electron chi connectivity index (χ4n) is 3.97. The lowest BCUT2D eigenvalue weighted by Gasteiger charge is -2.08. The molecule has 0 aliphatic rings. The van der Waals surface area contributed by atoms with E-state index in [0.29, 0.717) is 123 Å². The van der Waals surface area contributed by atoms with Gasteiger partial charge in [0.05, 0.1) is 6.61 Å². The van der Waals surface area contributed by atoms with Crippen LogP contribution in [-0.4, -0.2) is 92.2 Å². The molecule has 0 aromatic rings. The number of ether oxygens (including phenoxy) is 1. The van der Waals surface area contributed by atoms with Crippen LogP contribution in [0.2, 0.25) is 0 Å². The lowest BCUT2D eigenvalue weighted by Crippen LogP contribution is -2.38. The highest BCUT2D eigenvalue weighted by Crippen LogP contribution is 2.07. The number of hydrogen-bond acceptors (Lipinski definition) is 10. The fourth-order valence-corrected chi connectivity index (χ4v) is 3.97. The minimum Gasteiger partial charge on any atom is -0.449 e. The van der Waals surface area contributed by atoms with Gasteiger partial charge >= 0.3 is 12.1 Å². The van der Waals surface area contributed by atoms with Gasteiger partial charge < -0.3 is 31.3 Å². The topological polar surface area (TPSA) is 223 Å². The Morgan fingerprint density at radius 1 is 0.418 bits per heavy atom. The summed E-state index contributed by atoms with van der Waals surface area (Å²) in [5, 5.41) is 13.2. The molecule has 0 unspecified atom stereocenters. The fraction of sp³-hybridized carbons (Fsp3) is 0.635. The maximum absolute atomic E-state index is 11.2. The second kappa shape index (κ2) is 43.1. The van der Waals surface area contributed by atoms with E-state index in [2.05, 4.69) is 73.3 Å². The monoisotopic (exact) mass is 946 g/mol. The molecule has 0 aliphatic heterocycles. The molecule has 0 aromatic heterocycles. The molecular formula is C52H91N5O10. The van der Waals surface area contributed by atoms with Crippen LogP contribution in [0, 0.1) is 29.6 Å². The molecule has 0 heterocycles. The first kappa shape index (κ1) is 70.5. The predicted molar refractivity (Wildman–Crippen MR) is 272 cm³/mol. The van der Waals surface area contributed by atoms with E-state index in [0.717, 1.165) is 6.42 Å². The van der Waals surface area contributed by atoms with Crippen LogP contribution in [0.3, 0.4) is 0 Å². The van der Waals surface area contributed by atoms with Gasteiger partial charge in [-0.15, -0.1) is 0 Å². The van der Waals surface area contributed by atoms with Crippen LogP contribution in [0.5, 0.6) is 0 Å². The second-order valence-electron chi connectivity index (χ2n) is 18.3. The van der Waals surface area contributed by atoms with Crippen LogP contribution in [0.1, 0.15) is 149 Å². The molecule has 384 valence electrons. The van der Waals surface area contributed by atoms with Crippen molar-refractivity contribution in [2.75, 3.05) is 39.3 Å². The summed E-state index contributed by atoms with van der Waals surface area (Å²) in [6.45, 7) is 48.4. The number of allylic oxidation sites excluding steroid dienone is 5. The number of rotatable bonds is 27. The molecule has 0 bridgehead atoms. The summed E-state index contributed by atoms with van der Waals surface area (Å²) < 4.78 is 4.86. The number of alkyl carbamates (subject to hydrolysis) is 1. The third-order valence-electron chi connectivity index (χ3n) is 8.25. The first-order chi connectivity index (χ1) is 30.8. The zero-order valence-electron chi connectivity index (χ0n) is 44.2. The van der Waals surface area contributed by atoms with Crippen LogP contribution in [0.25, 0.3) is 0 Å². The van der Waals surface area contributed by atoms with Gasteiger partial charge in [0.25, 0.3) is 0 Å². The zero-order valence-corrected chi connectivity index (χ0v) is 44.2. The predicted octanol–water partition coefficient (Wildman–Crippen LogP) is 8.93. The first-order valence-electron chi connectivity index (χ1n) is 23.2. The van der Waals surface area contributed by atoms with E-state index in [4.69, 9.17) is 4.74 Å². The highest BCUT2D eigenvalue weighted by molar-refractivity contribution is 5.96. The summed E-state index contributed by atoms with van der Waals surface area (Å²) in [7, 11) is 0. The Kier molecular flexibility index (Phi) is 45.4. The standard InChI is InChI=1S/C11H20N2O2.C11H19NO3.C11H19NO2.C10H17NO2.C9H16O/c1-8(2)7-13-11(15)12-6-5-10(14)9(3)4;1-8(2)7-15-11(14)12-6-5-10(13)9(3)4;1-8(2)7-11(14)12-6-5-10(13)9(3)4;1-7(2)9(12)5-6-11-10(13)8(3)4;1-7(2)5-6-9(10)8(3)4/h8H,3,5-7H2,1-2,4H3,(H2,12,13,15);8H,3,5-7H2,1-2,4H3,(H,12,14);8H,3,5-7H2,1-2,4H3,(H,12,14);8H,1,5-6H2,2-4H3,(H,11,13);7H,3,5-6H2,1-2,4H3. The van der Waals surface area contributed by atoms with Crippen molar-refractivity contribution < 1.29 is 47.9 Å². The maximum atomic E-state index is 11.2. The number of carbonyl (C=O) groups excluding carboxylic acids is 9. The maximum Gasteiger partial charge on any atom is 0.407 e. The Morgan fingerprint density at radius 2 is 0.776 bits per heavy atom. The quantitative estimate of drug-likeness (QED) is 0.0492. The molecule has 0 fully saturated rings. The van der Waals surface area contributed by atoms with Gasteiger partial charge in [-0.05, 0) is 92.6 Å². The van der Waals surface area contributed by atoms with Gasteiger partial charge in [0, 0.05) is 77.2 Å². The second-order valence-corrected chi connectivity index (χ2v) is 18.3. The molecule has 5 amide bonds. The highest BCUT2D eigenvalue weighted by atomic mass is 16.5. The number of nitrogens with one attached hydrogen (secondary N) is 5. The van der Waals surface area contributed by atoms with Crippen molar-refractivity contribution in [1.29, 1.82) is 0 Å². The smallest absolute Gasteiger partial charge is 0.407 e. The molecule has 0 aliphatic carbocycles. The summed E-state index contributed by atoms with van der Waals surface area (Å²) in [6.07, 6.45) is 2.95. The molecule has 0 radical (unpaired) electrons. The van der Waals surface area contributed by atoms with Crippen molar-refractivity contribution in [2.45, 2.75) is 149 Å². The van der Waals surface area contributed by atoms with Crippen molar-refractivity contribution in [3.05, 3.63) is 60.8 Å². The summed E-state index contributed by atoms with van der Waals surface area (Å²) in [6, 6.07) is -0.224. The van der Waals surface area contributed by atoms with Crippen molar-refractivity contribution in [1.82, 2.24) is 26.6 Å². The molecule has 67 heavy (non-hydrogen) atoms. The van der Waals surface area contributed by atoms with Crippen molar-refractivity contribution in [3.63, 3.8) is 0 Å². The van der Waals surface area contributed by atoms with Crippen LogP contribution in [0.15, 0.2) is 60.8 Å². The molecule has 0 saturated heterocycles. The third kappa shape index (κ3) is 54.8. The van der Waals surface area contributed by atoms with Gasteiger partial charge in [0.1, 0.15) is 0 Å². The summed E-state index contributed by atoms with van der Waals surface area (Å²) in [4.78, 5) is 99.7. The molecule has 5 N–H and O–H groups in total. The van der Waals surface area contributed by atoms with Gasteiger partial charge in [-0.2, -0.15) is 0 Å². The molecule has 0 rings (SSSR count). The van der Waals surface area contributed by atoms with Gasteiger partial charge in [0.2, 0.25) is 11.8 Å². The Bertz CT molecular complexity index is 1570. The lowest BCUT2D eigenvalue weighted by atomic mass is 10.0. The van der Waals surface area contributed by atoms with Crippen LogP contribution >= 0.6 is 0 Å². The molecule has 15 heteroatoms. The van der Waals surface area contributed by atoms with Crippen LogP contribution < -0.4 is 26.6 Å². The van der Waals surface area contributed by atoms with Crippen molar-refractivity contribution in [2.24, 2.45) is 29.6 Å². The number of Topliss-reactive ketones (excluding diaryl/α,β-unsaturated/α-hetero) is 5. The lowest BCUT2D eigenvalue weighted by molar-refractivity contribution is -0.124. The highest BCUT2D eigenvalue weighted by Gasteiger charge is 2.10. The van der Waals surface area contributed by atoms with E-state index < -0.39 is 6.09 Å². The average molecular weight is 946 g/mol. The SMILES string of the molecule is C=C(C)C(=O)CCC(C)C.C=C(C)C(=O)CCNC(=O)C(C)C.C=C(C)C(=O)CCNC(=O)CC(C)C.C=C(C)C(=O)CCNC(=O)NCC(C)C.C=C(C)C(=O)CCNC(=O)OCC(C)C. The van der Waals surface area contributed by atoms with Crippen molar-refractivity contribution >= 4 is 52.9 Å². The largest absolute Gasteiger partial charge is 0.449 e. The molecule has 0 atom stereocenters. The third-order valence-corrected chi connectivity index (χ3v) is 8.25. The zero-order chi connectivity index (χ0) is 53.4. The summed E-state index contributed by atoms with van der Waals surface area (Å²) in [5.41, 5.74) is 2.80. The van der Waals surface area contributed by atoms with E-state index >= 15 is 0 Å². The van der Waals surface area contributed by atoms with E-state index in [1.807, 2.05) is 55.4 Å². The minimum absolute atomic E-state index is 0.00376. The van der Waals surface area contributed by atoms with E-state index in [1.54, 1.807) is 34.6 Å². The minimum atomic E-state index is -0.474. The Labute approximate surface area is 404 Å². The van der Waals surface area contributed by atoms with Gasteiger partial charge in [-0.1, -0.05) is 102 Å². The van der Waals surface area contributed by atoms with Crippen LogP contribution in [-0.2, 0) is 38.3 Å².